The Labute approximate surface area is 186 Å². The van der Waals surface area contributed by atoms with Crippen LogP contribution in [0.4, 0.5) is 0 Å². The Hall–Kier alpha value is -2.90. The molecular formula is C24H26N4O2S. The zero-order valence-corrected chi connectivity index (χ0v) is 18.8. The first kappa shape index (κ1) is 21.3. The maximum atomic E-state index is 13.0. The van der Waals surface area contributed by atoms with Crippen molar-refractivity contribution in [3.63, 3.8) is 0 Å². The van der Waals surface area contributed by atoms with Crippen molar-refractivity contribution in [3.8, 4) is 11.4 Å². The molecule has 0 spiro atoms. The van der Waals surface area contributed by atoms with Gasteiger partial charge >= 0.3 is 0 Å². The van der Waals surface area contributed by atoms with Gasteiger partial charge in [0.25, 0.3) is 0 Å². The van der Waals surface area contributed by atoms with E-state index in [-0.39, 0.29) is 5.78 Å². The Morgan fingerprint density at radius 1 is 1.19 bits per heavy atom. The molecule has 4 aromatic rings. The summed E-state index contributed by atoms with van der Waals surface area (Å²) in [5.41, 5.74) is 5.15. The normalized spacial score (nSPS) is 11.3. The molecule has 2 aromatic carbocycles. The van der Waals surface area contributed by atoms with E-state index in [1.54, 1.807) is 7.11 Å². The monoisotopic (exact) mass is 434 g/mol. The Balaban J connectivity index is 1.57. The number of thioether (sulfide) groups is 1. The molecule has 2 aromatic heterocycles. The van der Waals surface area contributed by atoms with Crippen molar-refractivity contribution in [1.82, 2.24) is 19.7 Å². The van der Waals surface area contributed by atoms with Gasteiger partial charge in [-0.2, -0.15) is 0 Å². The van der Waals surface area contributed by atoms with E-state index < -0.39 is 0 Å². The number of ketones is 1. The summed E-state index contributed by atoms with van der Waals surface area (Å²) in [6.45, 7) is 5.33. The van der Waals surface area contributed by atoms with Gasteiger partial charge in [-0.25, -0.2) is 0 Å². The molecule has 1 N–H and O–H groups in total. The van der Waals surface area contributed by atoms with Gasteiger partial charge in [0, 0.05) is 35.3 Å². The van der Waals surface area contributed by atoms with Gasteiger partial charge in [-0.3, -0.25) is 9.36 Å². The van der Waals surface area contributed by atoms with E-state index in [1.807, 2.05) is 35.0 Å². The fourth-order valence-electron chi connectivity index (χ4n) is 3.73. The van der Waals surface area contributed by atoms with Gasteiger partial charge < -0.3 is 9.72 Å². The molecule has 0 radical (unpaired) electrons. The number of aromatic amines is 1. The average Bonchev–Trinajstić information content (AvgIpc) is 3.40. The molecule has 31 heavy (non-hydrogen) atoms. The predicted octanol–water partition coefficient (Wildman–Crippen LogP) is 4.92. The quantitative estimate of drug-likeness (QED) is 0.299. The van der Waals surface area contributed by atoms with Crippen LogP contribution in [0.3, 0.4) is 0 Å². The number of carbonyl (C=O) groups is 1. The third-order valence-corrected chi connectivity index (χ3v) is 6.29. The number of methoxy groups -OCH3 is 1. The van der Waals surface area contributed by atoms with Crippen molar-refractivity contribution in [2.45, 2.75) is 32.0 Å². The number of nitrogens with one attached hydrogen (secondary N) is 1. The molecule has 0 aliphatic heterocycles. The third-order valence-electron chi connectivity index (χ3n) is 5.33. The Morgan fingerprint density at radius 3 is 2.81 bits per heavy atom. The smallest absolute Gasteiger partial charge is 0.192 e. The van der Waals surface area contributed by atoms with Crippen LogP contribution in [-0.2, 0) is 17.7 Å². The summed E-state index contributed by atoms with van der Waals surface area (Å²) in [4.78, 5) is 16.3. The van der Waals surface area contributed by atoms with E-state index in [0.717, 1.165) is 45.0 Å². The first-order chi connectivity index (χ1) is 15.1. The fraction of sp³-hybridized carbons (Fsp3) is 0.292. The van der Waals surface area contributed by atoms with Crippen molar-refractivity contribution in [3.05, 3.63) is 65.4 Å². The topological polar surface area (TPSA) is 72.8 Å². The van der Waals surface area contributed by atoms with Gasteiger partial charge in [-0.05, 0) is 25.0 Å². The number of hydrogen-bond acceptors (Lipinski definition) is 5. The minimum Gasteiger partial charge on any atom is -0.383 e. The number of H-pyrrole nitrogens is 1. The van der Waals surface area contributed by atoms with Crippen molar-refractivity contribution in [2.75, 3.05) is 19.5 Å². The number of aryl methyl sites for hydroxylation is 2. The fourth-order valence-corrected chi connectivity index (χ4v) is 4.58. The second kappa shape index (κ2) is 9.49. The van der Waals surface area contributed by atoms with Crippen LogP contribution in [0.15, 0.2) is 53.8 Å². The highest BCUT2D eigenvalue weighted by Crippen LogP contribution is 2.27. The molecule has 0 saturated heterocycles. The number of fused-ring (bicyclic) bond motifs is 1. The van der Waals surface area contributed by atoms with Crippen LogP contribution in [0.25, 0.3) is 22.3 Å². The van der Waals surface area contributed by atoms with E-state index in [2.05, 4.69) is 47.2 Å². The number of rotatable bonds is 9. The molecule has 0 fully saturated rings. The van der Waals surface area contributed by atoms with Crippen LogP contribution in [0.1, 0.15) is 28.4 Å². The van der Waals surface area contributed by atoms with E-state index >= 15 is 0 Å². The van der Waals surface area contributed by atoms with Crippen molar-refractivity contribution in [2.24, 2.45) is 0 Å². The summed E-state index contributed by atoms with van der Waals surface area (Å²) < 4.78 is 7.31. The summed E-state index contributed by atoms with van der Waals surface area (Å²) in [6.07, 6.45) is 2.74. The number of carbonyl (C=O) groups excluding carboxylic acids is 1. The standard InChI is InChI=1S/C24H26N4O2S/c1-4-17-8-6-10-19-20(14-25-22(17)19)21(29)15-31-24-27-26-23(28(24)11-12-30-3)18-9-5-7-16(2)13-18/h5-10,13-14,25H,4,11-12,15H2,1-3H3. The highest BCUT2D eigenvalue weighted by molar-refractivity contribution is 7.99. The van der Waals surface area contributed by atoms with Crippen LogP contribution in [0.5, 0.6) is 0 Å². The van der Waals surface area contributed by atoms with Gasteiger partial charge in [0.15, 0.2) is 16.8 Å². The average molecular weight is 435 g/mol. The number of ether oxygens (including phenoxy) is 1. The highest BCUT2D eigenvalue weighted by Gasteiger charge is 2.18. The lowest BCUT2D eigenvalue weighted by molar-refractivity contribution is 0.102. The van der Waals surface area contributed by atoms with Gasteiger partial charge in [0.1, 0.15) is 0 Å². The van der Waals surface area contributed by atoms with Crippen LogP contribution in [0.2, 0.25) is 0 Å². The summed E-state index contributed by atoms with van der Waals surface area (Å²) in [5, 5.41) is 10.5. The van der Waals surface area contributed by atoms with Crippen molar-refractivity contribution < 1.29 is 9.53 Å². The number of nitrogens with zero attached hydrogens (tertiary/aromatic N) is 3. The zero-order valence-electron chi connectivity index (χ0n) is 18.0. The molecule has 4 rings (SSSR count). The maximum Gasteiger partial charge on any atom is 0.192 e. The predicted molar refractivity (Wildman–Crippen MR) is 125 cm³/mol. The SMILES string of the molecule is CCc1cccc2c(C(=O)CSc3nnc(-c4cccc(C)c4)n3CCOC)c[nH]c12. The molecule has 0 saturated carbocycles. The molecule has 0 aliphatic carbocycles. The van der Waals surface area contributed by atoms with Gasteiger partial charge in [-0.15, -0.1) is 10.2 Å². The number of aromatic nitrogens is 4. The Morgan fingerprint density at radius 2 is 2.03 bits per heavy atom. The third kappa shape index (κ3) is 4.43. The second-order valence-corrected chi connectivity index (χ2v) is 8.37. The zero-order chi connectivity index (χ0) is 21.8. The van der Waals surface area contributed by atoms with Crippen molar-refractivity contribution >= 4 is 28.4 Å². The minimum absolute atomic E-state index is 0.0721. The number of hydrogen-bond donors (Lipinski definition) is 1. The number of benzene rings is 2. The highest BCUT2D eigenvalue weighted by atomic mass is 32.2. The second-order valence-electron chi connectivity index (χ2n) is 7.43. The molecular weight excluding hydrogens is 408 g/mol. The number of Topliss-reactive ketones (excluding diaryl/α,β-unsaturated/α-hetero) is 1. The minimum atomic E-state index is 0.0721. The van der Waals surface area contributed by atoms with E-state index in [1.165, 1.54) is 17.3 Å². The molecule has 0 bridgehead atoms. The molecule has 0 aliphatic rings. The Kier molecular flexibility index (Phi) is 6.53. The summed E-state index contributed by atoms with van der Waals surface area (Å²) >= 11 is 1.41. The summed E-state index contributed by atoms with van der Waals surface area (Å²) in [6, 6.07) is 14.3. The van der Waals surface area contributed by atoms with E-state index in [4.69, 9.17) is 4.74 Å². The lowest BCUT2D eigenvalue weighted by Crippen LogP contribution is -2.09. The van der Waals surface area contributed by atoms with E-state index in [9.17, 15) is 4.79 Å². The molecule has 2 heterocycles. The molecule has 6 nitrogen and oxygen atoms in total. The van der Waals surface area contributed by atoms with Crippen molar-refractivity contribution in [1.29, 1.82) is 0 Å². The lowest BCUT2D eigenvalue weighted by atomic mass is 10.1. The molecule has 7 heteroatoms. The maximum absolute atomic E-state index is 13.0. The van der Waals surface area contributed by atoms with Gasteiger partial charge in [-0.1, -0.05) is 60.6 Å². The first-order valence-corrected chi connectivity index (χ1v) is 11.3. The summed E-state index contributed by atoms with van der Waals surface area (Å²) in [7, 11) is 1.68. The van der Waals surface area contributed by atoms with Gasteiger partial charge in [0.2, 0.25) is 0 Å². The van der Waals surface area contributed by atoms with Crippen LogP contribution in [0, 0.1) is 6.92 Å². The van der Waals surface area contributed by atoms with Crippen LogP contribution in [-0.4, -0.2) is 45.0 Å². The van der Waals surface area contributed by atoms with Gasteiger partial charge in [0.05, 0.1) is 18.9 Å². The largest absolute Gasteiger partial charge is 0.383 e. The Bertz CT molecular complexity index is 1210. The number of para-hydroxylation sites is 1. The first-order valence-electron chi connectivity index (χ1n) is 10.4. The lowest BCUT2D eigenvalue weighted by Gasteiger charge is -2.10. The van der Waals surface area contributed by atoms with Crippen LogP contribution >= 0.6 is 11.8 Å². The van der Waals surface area contributed by atoms with E-state index in [0.29, 0.717) is 18.9 Å². The molecule has 160 valence electrons. The molecule has 0 amide bonds. The van der Waals surface area contributed by atoms with Crippen LogP contribution < -0.4 is 0 Å². The molecule has 0 unspecified atom stereocenters. The molecule has 0 atom stereocenters. The summed E-state index contributed by atoms with van der Waals surface area (Å²) in [5.74, 6) is 1.15.